The van der Waals surface area contributed by atoms with Crippen molar-refractivity contribution in [3.8, 4) is 17.3 Å². The fourth-order valence-electron chi connectivity index (χ4n) is 1.61. The summed E-state index contributed by atoms with van der Waals surface area (Å²) >= 11 is 0. The largest absolute Gasteiger partial charge is 0.481 e. The number of nitrogens with one attached hydrogen (secondary N) is 1. The van der Waals surface area contributed by atoms with Crippen molar-refractivity contribution in [2.24, 2.45) is 0 Å². The Morgan fingerprint density at radius 3 is 2.90 bits per heavy atom. The number of ether oxygens (including phenoxy) is 2. The van der Waals surface area contributed by atoms with Crippen LogP contribution in [0.15, 0.2) is 22.9 Å². The number of nitrogens with zero attached hydrogens (tertiary/aromatic N) is 3. The Kier molecular flexibility index (Phi) is 5.08. The van der Waals surface area contributed by atoms with E-state index < -0.39 is 6.09 Å². The van der Waals surface area contributed by atoms with Crippen LogP contribution in [-0.2, 0) is 11.2 Å². The lowest BCUT2D eigenvalue weighted by atomic mass is 10.2. The zero-order valence-corrected chi connectivity index (χ0v) is 11.8. The van der Waals surface area contributed by atoms with E-state index in [-0.39, 0.29) is 0 Å². The number of methoxy groups -OCH3 is 2. The molecule has 2 aromatic rings. The number of pyridine rings is 1. The molecule has 0 aliphatic carbocycles. The molecule has 0 spiro atoms. The van der Waals surface area contributed by atoms with Gasteiger partial charge in [-0.05, 0) is 12.5 Å². The van der Waals surface area contributed by atoms with E-state index in [1.165, 1.54) is 7.11 Å². The average Bonchev–Trinajstić information content (AvgIpc) is 3.00. The highest BCUT2D eigenvalue weighted by Gasteiger charge is 2.09. The summed E-state index contributed by atoms with van der Waals surface area (Å²) in [6, 6.07) is 3.53. The Labute approximate surface area is 121 Å². The molecule has 0 saturated heterocycles. The third kappa shape index (κ3) is 4.16. The first-order valence-corrected chi connectivity index (χ1v) is 6.37. The molecule has 8 nitrogen and oxygen atoms in total. The number of rotatable bonds is 6. The van der Waals surface area contributed by atoms with Crippen LogP contribution in [0, 0.1) is 0 Å². The Morgan fingerprint density at radius 2 is 2.24 bits per heavy atom. The molecule has 0 aliphatic rings. The third-order valence-corrected chi connectivity index (χ3v) is 2.69. The van der Waals surface area contributed by atoms with Crippen molar-refractivity contribution in [3.05, 3.63) is 24.2 Å². The van der Waals surface area contributed by atoms with Gasteiger partial charge in [-0.1, -0.05) is 5.16 Å². The molecule has 0 radical (unpaired) electrons. The summed E-state index contributed by atoms with van der Waals surface area (Å²) in [5.41, 5.74) is 0.749. The molecular weight excluding hydrogens is 276 g/mol. The van der Waals surface area contributed by atoms with E-state index in [2.05, 4.69) is 25.2 Å². The highest BCUT2D eigenvalue weighted by molar-refractivity contribution is 5.66. The molecule has 112 valence electrons. The number of hydrogen-bond donors (Lipinski definition) is 1. The van der Waals surface area contributed by atoms with Gasteiger partial charge in [-0.3, -0.25) is 0 Å². The molecule has 0 fully saturated rings. The molecule has 0 unspecified atom stereocenters. The standard InChI is InChI=1S/C13H16N4O4/c1-19-10-6-5-9(8-15-10)12-16-11(21-17-12)4-3-7-14-13(18)20-2/h5-6,8H,3-4,7H2,1-2H3,(H,14,18). The quantitative estimate of drug-likeness (QED) is 0.804. The van der Waals surface area contributed by atoms with Gasteiger partial charge < -0.3 is 19.3 Å². The summed E-state index contributed by atoms with van der Waals surface area (Å²) in [5, 5.41) is 6.47. The van der Waals surface area contributed by atoms with Crippen molar-refractivity contribution >= 4 is 6.09 Å². The Hall–Kier alpha value is -2.64. The van der Waals surface area contributed by atoms with Gasteiger partial charge in [0.2, 0.25) is 17.6 Å². The van der Waals surface area contributed by atoms with Gasteiger partial charge >= 0.3 is 6.09 Å². The zero-order chi connectivity index (χ0) is 15.1. The van der Waals surface area contributed by atoms with Crippen LogP contribution in [-0.4, -0.2) is 42.0 Å². The molecule has 0 atom stereocenters. The van der Waals surface area contributed by atoms with Gasteiger partial charge in [0.25, 0.3) is 0 Å². The summed E-state index contributed by atoms with van der Waals surface area (Å²) < 4.78 is 14.6. The molecule has 2 heterocycles. The summed E-state index contributed by atoms with van der Waals surface area (Å²) in [7, 11) is 2.87. The van der Waals surface area contributed by atoms with E-state index in [4.69, 9.17) is 9.26 Å². The van der Waals surface area contributed by atoms with Crippen LogP contribution in [0.2, 0.25) is 0 Å². The van der Waals surface area contributed by atoms with Gasteiger partial charge in [-0.15, -0.1) is 0 Å². The number of carbonyl (C=O) groups excluding carboxylic acids is 1. The molecular formula is C13H16N4O4. The Bertz CT molecular complexity index is 582. The summed E-state index contributed by atoms with van der Waals surface area (Å²) in [4.78, 5) is 19.2. The van der Waals surface area contributed by atoms with Crippen LogP contribution in [0.1, 0.15) is 12.3 Å². The number of carbonyl (C=O) groups is 1. The van der Waals surface area contributed by atoms with Crippen molar-refractivity contribution in [2.75, 3.05) is 20.8 Å². The fraction of sp³-hybridized carbons (Fsp3) is 0.385. The van der Waals surface area contributed by atoms with E-state index >= 15 is 0 Å². The van der Waals surface area contributed by atoms with Crippen LogP contribution in [0.25, 0.3) is 11.4 Å². The minimum absolute atomic E-state index is 0.453. The second-order valence-electron chi connectivity index (χ2n) is 4.12. The first kappa shape index (κ1) is 14.8. The minimum atomic E-state index is -0.453. The first-order chi connectivity index (χ1) is 10.2. The molecule has 0 bridgehead atoms. The van der Waals surface area contributed by atoms with Gasteiger partial charge in [0.1, 0.15) is 0 Å². The van der Waals surface area contributed by atoms with Gasteiger partial charge in [0.15, 0.2) is 0 Å². The van der Waals surface area contributed by atoms with Crippen molar-refractivity contribution in [1.29, 1.82) is 0 Å². The minimum Gasteiger partial charge on any atom is -0.481 e. The van der Waals surface area contributed by atoms with Gasteiger partial charge in [-0.25, -0.2) is 9.78 Å². The molecule has 1 N–H and O–H groups in total. The highest BCUT2D eigenvalue weighted by Crippen LogP contribution is 2.17. The van der Waals surface area contributed by atoms with Crippen LogP contribution >= 0.6 is 0 Å². The van der Waals surface area contributed by atoms with Gasteiger partial charge in [0, 0.05) is 30.8 Å². The maximum atomic E-state index is 10.9. The lowest BCUT2D eigenvalue weighted by Crippen LogP contribution is -2.24. The van der Waals surface area contributed by atoms with Crippen LogP contribution in [0.5, 0.6) is 5.88 Å². The second kappa shape index (κ2) is 7.22. The fourth-order valence-corrected chi connectivity index (χ4v) is 1.61. The van der Waals surface area contributed by atoms with E-state index in [0.29, 0.717) is 37.0 Å². The van der Waals surface area contributed by atoms with Crippen LogP contribution in [0.4, 0.5) is 4.79 Å². The number of hydrogen-bond acceptors (Lipinski definition) is 7. The normalized spacial score (nSPS) is 10.2. The SMILES string of the molecule is COC(=O)NCCCc1nc(-c2ccc(OC)nc2)no1. The predicted octanol–water partition coefficient (Wildman–Crippen LogP) is 1.43. The number of aromatic nitrogens is 3. The van der Waals surface area contributed by atoms with Crippen molar-refractivity contribution in [2.45, 2.75) is 12.8 Å². The zero-order valence-electron chi connectivity index (χ0n) is 11.8. The molecule has 0 saturated carbocycles. The summed E-state index contributed by atoms with van der Waals surface area (Å²) in [6.45, 7) is 0.481. The molecule has 1 amide bonds. The highest BCUT2D eigenvalue weighted by atomic mass is 16.5. The third-order valence-electron chi connectivity index (χ3n) is 2.69. The van der Waals surface area contributed by atoms with E-state index in [1.807, 2.05) is 0 Å². The number of alkyl carbamates (subject to hydrolysis) is 1. The van der Waals surface area contributed by atoms with E-state index in [1.54, 1.807) is 25.4 Å². The first-order valence-electron chi connectivity index (χ1n) is 6.37. The van der Waals surface area contributed by atoms with Crippen molar-refractivity contribution in [3.63, 3.8) is 0 Å². The Balaban J connectivity index is 1.87. The van der Waals surface area contributed by atoms with Gasteiger partial charge in [-0.2, -0.15) is 4.98 Å². The molecule has 8 heteroatoms. The topological polar surface area (TPSA) is 99.4 Å². The number of aryl methyl sites for hydroxylation is 1. The van der Waals surface area contributed by atoms with Gasteiger partial charge in [0.05, 0.1) is 14.2 Å². The van der Waals surface area contributed by atoms with E-state index in [9.17, 15) is 4.79 Å². The monoisotopic (exact) mass is 292 g/mol. The molecule has 0 aliphatic heterocycles. The molecule has 2 aromatic heterocycles. The lowest BCUT2D eigenvalue weighted by molar-refractivity contribution is 0.171. The lowest BCUT2D eigenvalue weighted by Gasteiger charge is -2.00. The van der Waals surface area contributed by atoms with Crippen molar-refractivity contribution < 1.29 is 18.8 Å². The second-order valence-corrected chi connectivity index (χ2v) is 4.12. The summed E-state index contributed by atoms with van der Waals surface area (Å²) in [5.74, 6) is 1.50. The maximum absolute atomic E-state index is 10.9. The smallest absolute Gasteiger partial charge is 0.406 e. The number of amides is 1. The summed E-state index contributed by atoms with van der Waals surface area (Å²) in [6.07, 6.45) is 2.41. The Morgan fingerprint density at radius 1 is 1.38 bits per heavy atom. The van der Waals surface area contributed by atoms with Crippen LogP contribution < -0.4 is 10.1 Å². The average molecular weight is 292 g/mol. The molecule has 0 aromatic carbocycles. The van der Waals surface area contributed by atoms with Crippen LogP contribution in [0.3, 0.4) is 0 Å². The van der Waals surface area contributed by atoms with E-state index in [0.717, 1.165) is 5.56 Å². The maximum Gasteiger partial charge on any atom is 0.406 e. The predicted molar refractivity (Wildman–Crippen MR) is 72.8 cm³/mol. The molecule has 21 heavy (non-hydrogen) atoms. The molecule has 2 rings (SSSR count). The van der Waals surface area contributed by atoms with Crippen molar-refractivity contribution in [1.82, 2.24) is 20.4 Å².